The Hall–Kier alpha value is -4.01. The average Bonchev–Trinajstić information content (AvgIpc) is 3.14. The van der Waals surface area contributed by atoms with Gasteiger partial charge in [-0.3, -0.25) is 4.79 Å². The maximum atomic E-state index is 14.9. The molecule has 3 aromatic rings. The minimum Gasteiger partial charge on any atom is -0.489 e. The van der Waals surface area contributed by atoms with Crippen molar-refractivity contribution in [2.75, 3.05) is 11.9 Å². The van der Waals surface area contributed by atoms with E-state index in [1.54, 1.807) is 0 Å². The Labute approximate surface area is 187 Å². The lowest BCUT2D eigenvalue weighted by Gasteiger charge is -2.20. The average molecular weight is 455 g/mol. The van der Waals surface area contributed by atoms with Crippen LogP contribution in [0.25, 0.3) is 0 Å². The maximum absolute atomic E-state index is 14.9. The van der Waals surface area contributed by atoms with Crippen molar-refractivity contribution in [1.82, 2.24) is 10.6 Å². The lowest BCUT2D eigenvalue weighted by molar-refractivity contribution is -0.120. The van der Waals surface area contributed by atoms with Crippen LogP contribution in [0.1, 0.15) is 17.0 Å². The molecule has 1 unspecified atom stereocenters. The van der Waals surface area contributed by atoms with Gasteiger partial charge in [-0.1, -0.05) is 30.3 Å². The highest BCUT2D eigenvalue weighted by Crippen LogP contribution is 2.31. The third kappa shape index (κ3) is 5.25. The number of carbonyl (C=O) groups is 2. The molecule has 0 bridgehead atoms. The number of hydrogen-bond donors (Lipinski definition) is 3. The number of halogens is 3. The normalized spacial score (nSPS) is 17.4. The van der Waals surface area contributed by atoms with Gasteiger partial charge in [-0.05, 0) is 29.8 Å². The monoisotopic (exact) mass is 455 g/mol. The predicted octanol–water partition coefficient (Wildman–Crippen LogP) is 4.09. The smallest absolute Gasteiger partial charge is 0.319 e. The van der Waals surface area contributed by atoms with Crippen molar-refractivity contribution in [1.29, 1.82) is 0 Å². The molecule has 6 nitrogen and oxygen atoms in total. The van der Waals surface area contributed by atoms with Crippen LogP contribution in [0.4, 0.5) is 23.7 Å². The summed E-state index contributed by atoms with van der Waals surface area (Å²) in [7, 11) is 0. The topological polar surface area (TPSA) is 79.5 Å². The third-order valence-electron chi connectivity index (χ3n) is 5.24. The first-order chi connectivity index (χ1) is 15.9. The molecule has 0 radical (unpaired) electrons. The van der Waals surface area contributed by atoms with Crippen LogP contribution in [0.15, 0.2) is 66.7 Å². The summed E-state index contributed by atoms with van der Waals surface area (Å²) in [6, 6.07) is 14.3. The van der Waals surface area contributed by atoms with Crippen LogP contribution in [-0.4, -0.2) is 24.5 Å². The summed E-state index contributed by atoms with van der Waals surface area (Å²) in [6.07, 6.45) is 0. The second-order valence-electron chi connectivity index (χ2n) is 7.51. The maximum Gasteiger partial charge on any atom is 0.319 e. The molecule has 1 saturated heterocycles. The Morgan fingerprint density at radius 2 is 1.67 bits per heavy atom. The van der Waals surface area contributed by atoms with Crippen LogP contribution in [0.3, 0.4) is 0 Å². The number of rotatable bonds is 6. The highest BCUT2D eigenvalue weighted by molar-refractivity contribution is 5.95. The van der Waals surface area contributed by atoms with E-state index in [1.165, 1.54) is 12.1 Å². The molecule has 2 atom stereocenters. The van der Waals surface area contributed by atoms with Gasteiger partial charge in [0.1, 0.15) is 35.8 Å². The molecule has 0 spiro atoms. The van der Waals surface area contributed by atoms with E-state index >= 15 is 0 Å². The van der Waals surface area contributed by atoms with E-state index in [2.05, 4.69) is 16.0 Å². The summed E-state index contributed by atoms with van der Waals surface area (Å²) in [4.78, 5) is 24.6. The van der Waals surface area contributed by atoms with Crippen molar-refractivity contribution in [3.63, 3.8) is 0 Å². The number of benzene rings is 3. The zero-order chi connectivity index (χ0) is 23.4. The van der Waals surface area contributed by atoms with Crippen molar-refractivity contribution in [2.45, 2.75) is 18.6 Å². The third-order valence-corrected chi connectivity index (χ3v) is 5.24. The quantitative estimate of drug-likeness (QED) is 0.524. The molecule has 4 rings (SSSR count). The summed E-state index contributed by atoms with van der Waals surface area (Å²) < 4.78 is 48.3. The minimum absolute atomic E-state index is 0.00782. The molecule has 0 aromatic heterocycles. The minimum atomic E-state index is -1.20. The first-order valence-corrected chi connectivity index (χ1v) is 10.2. The Bertz CT molecular complexity index is 1130. The number of urea groups is 1. The Kier molecular flexibility index (Phi) is 6.48. The first kappa shape index (κ1) is 22.2. The predicted molar refractivity (Wildman–Crippen MR) is 115 cm³/mol. The number of nitrogens with one attached hydrogen (secondary N) is 3. The van der Waals surface area contributed by atoms with Crippen molar-refractivity contribution in [2.24, 2.45) is 0 Å². The Balaban J connectivity index is 1.47. The molecule has 33 heavy (non-hydrogen) atoms. The van der Waals surface area contributed by atoms with E-state index in [4.69, 9.17) is 4.74 Å². The van der Waals surface area contributed by atoms with Crippen LogP contribution >= 0.6 is 0 Å². The number of ether oxygens (including phenoxy) is 1. The van der Waals surface area contributed by atoms with Crippen LogP contribution in [0, 0.1) is 17.5 Å². The Morgan fingerprint density at radius 3 is 2.33 bits per heavy atom. The highest BCUT2D eigenvalue weighted by Gasteiger charge is 2.40. The van der Waals surface area contributed by atoms with Crippen molar-refractivity contribution >= 4 is 17.6 Å². The molecule has 0 aliphatic carbocycles. The van der Waals surface area contributed by atoms with E-state index in [9.17, 15) is 22.8 Å². The molecule has 1 heterocycles. The summed E-state index contributed by atoms with van der Waals surface area (Å²) in [5.41, 5.74) is 0.804. The SMILES string of the molecule is O=C(Nc1ccc(F)cc1)N[C@@H]1C(=O)NCC1c1c(F)cc(OCc2ccccc2)cc1F. The van der Waals surface area contributed by atoms with Gasteiger partial charge in [-0.2, -0.15) is 0 Å². The number of carbonyl (C=O) groups excluding carboxylic acids is 2. The number of hydrogen-bond acceptors (Lipinski definition) is 3. The van der Waals surface area contributed by atoms with Crippen molar-refractivity contribution in [3.05, 3.63) is 95.3 Å². The van der Waals surface area contributed by atoms with Gasteiger partial charge in [0, 0.05) is 35.8 Å². The molecule has 1 aliphatic rings. The van der Waals surface area contributed by atoms with E-state index < -0.39 is 41.3 Å². The van der Waals surface area contributed by atoms with Gasteiger partial charge < -0.3 is 20.7 Å². The summed E-state index contributed by atoms with van der Waals surface area (Å²) >= 11 is 0. The van der Waals surface area contributed by atoms with E-state index in [0.717, 1.165) is 29.8 Å². The molecule has 0 saturated carbocycles. The van der Waals surface area contributed by atoms with Gasteiger partial charge >= 0.3 is 6.03 Å². The molecule has 1 fully saturated rings. The van der Waals surface area contributed by atoms with Gasteiger partial charge in [-0.25, -0.2) is 18.0 Å². The van der Waals surface area contributed by atoms with Crippen LogP contribution in [-0.2, 0) is 11.4 Å². The van der Waals surface area contributed by atoms with Crippen LogP contribution in [0.5, 0.6) is 5.75 Å². The lowest BCUT2D eigenvalue weighted by Crippen LogP contribution is -2.45. The lowest BCUT2D eigenvalue weighted by atomic mass is 9.93. The van der Waals surface area contributed by atoms with Crippen molar-refractivity contribution in [3.8, 4) is 5.75 Å². The van der Waals surface area contributed by atoms with Gasteiger partial charge in [0.2, 0.25) is 5.91 Å². The number of amides is 3. The van der Waals surface area contributed by atoms with Gasteiger partial charge in [-0.15, -0.1) is 0 Å². The van der Waals surface area contributed by atoms with Crippen molar-refractivity contribution < 1.29 is 27.5 Å². The van der Waals surface area contributed by atoms with Gasteiger partial charge in [0.25, 0.3) is 0 Å². The molecule has 1 aliphatic heterocycles. The first-order valence-electron chi connectivity index (χ1n) is 10.2. The van der Waals surface area contributed by atoms with Crippen LogP contribution in [0.2, 0.25) is 0 Å². The second-order valence-corrected chi connectivity index (χ2v) is 7.51. The standard InChI is InChI=1S/C24H20F3N3O3/c25-15-6-8-16(9-7-15)29-24(32)30-22-18(12-28-23(22)31)21-19(26)10-17(11-20(21)27)33-13-14-4-2-1-3-5-14/h1-11,18,22H,12-13H2,(H,28,31)(H2,29,30,32)/t18?,22-/m0/s1. The Morgan fingerprint density at radius 1 is 1.00 bits per heavy atom. The largest absolute Gasteiger partial charge is 0.489 e. The molecular formula is C24H20F3N3O3. The molecule has 3 amide bonds. The fourth-order valence-corrected chi connectivity index (χ4v) is 3.64. The zero-order valence-electron chi connectivity index (χ0n) is 17.3. The van der Waals surface area contributed by atoms with E-state index in [-0.39, 0.29) is 24.5 Å². The van der Waals surface area contributed by atoms with Crippen LogP contribution < -0.4 is 20.7 Å². The molecular weight excluding hydrogens is 435 g/mol. The van der Waals surface area contributed by atoms with E-state index in [0.29, 0.717) is 5.69 Å². The molecule has 3 aromatic carbocycles. The van der Waals surface area contributed by atoms with E-state index in [1.807, 2.05) is 30.3 Å². The molecule has 170 valence electrons. The van der Waals surface area contributed by atoms with Gasteiger partial charge in [0.05, 0.1) is 0 Å². The van der Waals surface area contributed by atoms with Gasteiger partial charge in [0.15, 0.2) is 0 Å². The second kappa shape index (κ2) is 9.64. The molecule has 3 N–H and O–H groups in total. The number of anilines is 1. The zero-order valence-corrected chi connectivity index (χ0v) is 17.3. The summed E-state index contributed by atoms with van der Waals surface area (Å²) in [5, 5.41) is 7.41. The fourth-order valence-electron chi connectivity index (χ4n) is 3.64. The highest BCUT2D eigenvalue weighted by atomic mass is 19.1. The summed E-state index contributed by atoms with van der Waals surface area (Å²) in [5.74, 6) is -3.78. The fraction of sp³-hybridized carbons (Fsp3) is 0.167. The molecule has 9 heteroatoms. The summed E-state index contributed by atoms with van der Waals surface area (Å²) in [6.45, 7) is 0.0780.